The molecule has 3 amide bonds. The minimum absolute atomic E-state index is 0.00854. The molecule has 0 aliphatic rings. The number of carboxylic acids is 1. The molecule has 0 fully saturated rings. The molecular weight excluding hydrogens is 470 g/mol. The lowest BCUT2D eigenvalue weighted by atomic mass is 10.0. The summed E-state index contributed by atoms with van der Waals surface area (Å²) in [6.45, 7) is 5.01. The molecule has 1 rings (SSSR count). The number of phenolic OH excluding ortho intramolecular Hbond substituents is 1. The zero-order chi connectivity index (χ0) is 27.4. The van der Waals surface area contributed by atoms with Crippen molar-refractivity contribution in [1.82, 2.24) is 16.0 Å². The smallest absolute Gasteiger partial charge is 0.326 e. The fraction of sp³-hybridized carbons (Fsp3) is 0.583. The van der Waals surface area contributed by atoms with Gasteiger partial charge in [-0.05, 0) is 49.9 Å². The van der Waals surface area contributed by atoms with E-state index in [-0.39, 0.29) is 12.2 Å². The summed E-state index contributed by atoms with van der Waals surface area (Å²) in [5.41, 5.74) is 11.9. The van der Waals surface area contributed by atoms with Gasteiger partial charge in [0, 0.05) is 6.42 Å². The number of benzene rings is 1. The van der Waals surface area contributed by atoms with Crippen molar-refractivity contribution >= 4 is 23.7 Å². The second-order valence-corrected chi connectivity index (χ2v) is 9.12. The summed E-state index contributed by atoms with van der Waals surface area (Å²) in [4.78, 5) is 50.1. The van der Waals surface area contributed by atoms with Crippen LogP contribution in [0.5, 0.6) is 5.75 Å². The van der Waals surface area contributed by atoms with Crippen LogP contribution in [0.3, 0.4) is 0 Å². The normalized spacial score (nSPS) is 15.3. The van der Waals surface area contributed by atoms with Crippen molar-refractivity contribution in [2.45, 2.75) is 76.7 Å². The molecule has 0 heterocycles. The van der Waals surface area contributed by atoms with Gasteiger partial charge in [0.25, 0.3) is 0 Å². The molecule has 1 aromatic rings. The van der Waals surface area contributed by atoms with Crippen molar-refractivity contribution in [3.05, 3.63) is 29.8 Å². The van der Waals surface area contributed by atoms with Crippen molar-refractivity contribution in [2.24, 2.45) is 17.4 Å². The Kier molecular flexibility index (Phi) is 12.9. The topological polar surface area (TPSA) is 217 Å². The number of aliphatic hydroxyl groups is 1. The number of aromatic hydroxyl groups is 1. The third-order valence-electron chi connectivity index (χ3n) is 5.61. The molecule has 10 N–H and O–H groups in total. The molecule has 0 aliphatic heterocycles. The number of amides is 3. The fourth-order valence-corrected chi connectivity index (χ4v) is 3.41. The molecule has 0 saturated heterocycles. The van der Waals surface area contributed by atoms with Crippen molar-refractivity contribution in [1.29, 1.82) is 0 Å². The van der Waals surface area contributed by atoms with E-state index in [9.17, 15) is 34.5 Å². The molecule has 1 aromatic carbocycles. The van der Waals surface area contributed by atoms with Crippen LogP contribution in [0.15, 0.2) is 24.3 Å². The van der Waals surface area contributed by atoms with Crippen molar-refractivity contribution in [3.63, 3.8) is 0 Å². The van der Waals surface area contributed by atoms with Gasteiger partial charge in [0.15, 0.2) is 0 Å². The van der Waals surface area contributed by atoms with Gasteiger partial charge in [0.2, 0.25) is 17.7 Å². The largest absolute Gasteiger partial charge is 0.508 e. The Hall–Kier alpha value is -3.22. The molecule has 12 nitrogen and oxygen atoms in total. The summed E-state index contributed by atoms with van der Waals surface area (Å²) < 4.78 is 0. The fourth-order valence-electron chi connectivity index (χ4n) is 3.41. The predicted octanol–water partition coefficient (Wildman–Crippen LogP) is -1.03. The first-order valence-electron chi connectivity index (χ1n) is 11.9. The van der Waals surface area contributed by atoms with Gasteiger partial charge in [-0.3, -0.25) is 14.4 Å². The van der Waals surface area contributed by atoms with E-state index in [0.29, 0.717) is 31.4 Å². The van der Waals surface area contributed by atoms with Gasteiger partial charge < -0.3 is 42.7 Å². The zero-order valence-electron chi connectivity index (χ0n) is 20.9. The molecule has 0 radical (unpaired) electrons. The van der Waals surface area contributed by atoms with E-state index >= 15 is 0 Å². The molecule has 0 aliphatic carbocycles. The summed E-state index contributed by atoms with van der Waals surface area (Å²) in [5, 5.41) is 36.5. The number of rotatable bonds is 15. The molecule has 0 aromatic heterocycles. The molecule has 12 heteroatoms. The van der Waals surface area contributed by atoms with E-state index in [1.165, 1.54) is 19.1 Å². The number of unbranched alkanes of at least 4 members (excludes halogenated alkanes) is 1. The second kappa shape index (κ2) is 15.0. The SMILES string of the molecule is CC(C)C(NC(=O)C(Cc1ccc(O)cc1)NC(=O)C(NC(=O)C(N)CCCCN)C(C)O)C(=O)O. The Labute approximate surface area is 210 Å². The highest BCUT2D eigenvalue weighted by atomic mass is 16.4. The Morgan fingerprint density at radius 3 is 1.97 bits per heavy atom. The van der Waals surface area contributed by atoms with Crippen molar-refractivity contribution in [3.8, 4) is 5.75 Å². The Balaban J connectivity index is 3.07. The van der Waals surface area contributed by atoms with E-state index in [1.807, 2.05) is 0 Å². The lowest BCUT2D eigenvalue weighted by molar-refractivity contribution is -0.143. The number of carbonyl (C=O) groups excluding carboxylic acids is 3. The third-order valence-corrected chi connectivity index (χ3v) is 5.61. The maximum absolute atomic E-state index is 13.0. The standard InChI is InChI=1S/C24H39N5O7/c1-13(2)19(24(35)36)28-22(33)18(12-15-7-9-16(31)10-8-15)27-23(34)20(14(3)30)29-21(32)17(26)6-4-5-11-25/h7-10,13-14,17-20,30-31H,4-6,11-12,25-26H2,1-3H3,(H,27,34)(H,28,33)(H,29,32)(H,35,36). The summed E-state index contributed by atoms with van der Waals surface area (Å²) >= 11 is 0. The van der Waals surface area contributed by atoms with Crippen LogP contribution < -0.4 is 27.4 Å². The molecule has 0 spiro atoms. The number of aliphatic hydroxyl groups excluding tert-OH is 1. The number of nitrogens with one attached hydrogen (secondary N) is 3. The summed E-state index contributed by atoms with van der Waals surface area (Å²) in [6, 6.07) is 1.16. The second-order valence-electron chi connectivity index (χ2n) is 9.12. The highest BCUT2D eigenvalue weighted by molar-refractivity contribution is 5.94. The van der Waals surface area contributed by atoms with E-state index in [1.54, 1.807) is 26.0 Å². The van der Waals surface area contributed by atoms with E-state index in [4.69, 9.17) is 11.5 Å². The number of nitrogens with two attached hydrogens (primary N) is 2. The molecule has 202 valence electrons. The quantitative estimate of drug-likeness (QED) is 0.135. The van der Waals surface area contributed by atoms with Gasteiger partial charge in [-0.15, -0.1) is 0 Å². The number of hydrogen-bond acceptors (Lipinski definition) is 8. The maximum Gasteiger partial charge on any atom is 0.326 e. The average Bonchev–Trinajstić information content (AvgIpc) is 2.80. The number of aliphatic carboxylic acids is 1. The van der Waals surface area contributed by atoms with Crippen LogP contribution in [0, 0.1) is 5.92 Å². The third kappa shape index (κ3) is 10.2. The van der Waals surface area contributed by atoms with Crippen molar-refractivity contribution < 1.29 is 34.5 Å². The highest BCUT2D eigenvalue weighted by Gasteiger charge is 2.33. The van der Waals surface area contributed by atoms with Crippen LogP contribution in [0.1, 0.15) is 45.6 Å². The Morgan fingerprint density at radius 2 is 1.47 bits per heavy atom. The van der Waals surface area contributed by atoms with Gasteiger partial charge in [-0.2, -0.15) is 0 Å². The van der Waals surface area contributed by atoms with Gasteiger partial charge in [0.05, 0.1) is 12.1 Å². The van der Waals surface area contributed by atoms with Crippen LogP contribution in [0.2, 0.25) is 0 Å². The van der Waals surface area contributed by atoms with Crippen LogP contribution in [0.4, 0.5) is 0 Å². The number of hydrogen-bond donors (Lipinski definition) is 8. The summed E-state index contributed by atoms with van der Waals surface area (Å²) in [5.74, 6) is -3.89. The first kappa shape index (κ1) is 30.8. The molecular formula is C24H39N5O7. The van der Waals surface area contributed by atoms with Crippen LogP contribution in [-0.2, 0) is 25.6 Å². The van der Waals surface area contributed by atoms with Gasteiger partial charge in [-0.25, -0.2) is 4.79 Å². The van der Waals surface area contributed by atoms with E-state index < -0.39 is 59.9 Å². The van der Waals surface area contributed by atoms with Crippen LogP contribution in [-0.4, -0.2) is 75.8 Å². The number of carboxylic acid groups (broad SMARTS) is 1. The first-order valence-corrected chi connectivity index (χ1v) is 11.9. The minimum Gasteiger partial charge on any atom is -0.508 e. The van der Waals surface area contributed by atoms with Crippen LogP contribution in [0.25, 0.3) is 0 Å². The van der Waals surface area contributed by atoms with Gasteiger partial charge in [0.1, 0.15) is 23.9 Å². The lowest BCUT2D eigenvalue weighted by Crippen LogP contribution is -2.60. The summed E-state index contributed by atoms with van der Waals surface area (Å²) in [7, 11) is 0. The zero-order valence-corrected chi connectivity index (χ0v) is 20.9. The Bertz CT molecular complexity index is 876. The Morgan fingerprint density at radius 1 is 0.889 bits per heavy atom. The first-order chi connectivity index (χ1) is 16.9. The molecule has 5 atom stereocenters. The molecule has 0 bridgehead atoms. The summed E-state index contributed by atoms with van der Waals surface area (Å²) in [6.07, 6.45) is 0.288. The monoisotopic (exact) mass is 509 g/mol. The lowest BCUT2D eigenvalue weighted by Gasteiger charge is -2.27. The number of carbonyl (C=O) groups is 4. The minimum atomic E-state index is -1.41. The molecule has 5 unspecified atom stereocenters. The average molecular weight is 510 g/mol. The maximum atomic E-state index is 13.0. The molecule has 0 saturated carbocycles. The molecule has 36 heavy (non-hydrogen) atoms. The predicted molar refractivity (Wildman–Crippen MR) is 133 cm³/mol. The van der Waals surface area contributed by atoms with Crippen LogP contribution >= 0.6 is 0 Å². The number of phenols is 1. The highest BCUT2D eigenvalue weighted by Crippen LogP contribution is 2.12. The van der Waals surface area contributed by atoms with Gasteiger partial charge >= 0.3 is 5.97 Å². The van der Waals surface area contributed by atoms with E-state index in [0.717, 1.165) is 0 Å². The van der Waals surface area contributed by atoms with Gasteiger partial charge in [-0.1, -0.05) is 32.4 Å². The van der Waals surface area contributed by atoms with E-state index in [2.05, 4.69) is 16.0 Å². The van der Waals surface area contributed by atoms with Crippen molar-refractivity contribution in [2.75, 3.05) is 6.54 Å².